The Labute approximate surface area is 101 Å². The monoisotopic (exact) mass is 232 g/mol. The highest BCUT2D eigenvalue weighted by Crippen LogP contribution is 2.28. The third-order valence-electron chi connectivity index (χ3n) is 2.64. The summed E-state index contributed by atoms with van der Waals surface area (Å²) in [5.41, 5.74) is 6.72. The summed E-state index contributed by atoms with van der Waals surface area (Å²) in [6, 6.07) is 3.61. The molecule has 17 heavy (non-hydrogen) atoms. The van der Waals surface area contributed by atoms with E-state index >= 15 is 0 Å². The fourth-order valence-electron chi connectivity index (χ4n) is 1.47. The molecule has 1 aromatic heterocycles. The molecule has 0 atom stereocenters. The van der Waals surface area contributed by atoms with Crippen molar-refractivity contribution >= 4 is 11.5 Å². The Hall–Kier alpha value is -1.80. The Morgan fingerprint density at radius 3 is 3.06 bits per heavy atom. The highest BCUT2D eigenvalue weighted by Gasteiger charge is 2.20. The molecular formula is C12H16N4O. The van der Waals surface area contributed by atoms with Gasteiger partial charge in [0.1, 0.15) is 11.9 Å². The second-order valence-electron chi connectivity index (χ2n) is 4.22. The van der Waals surface area contributed by atoms with Crippen molar-refractivity contribution in [3.05, 3.63) is 17.8 Å². The summed E-state index contributed by atoms with van der Waals surface area (Å²) in [5, 5.41) is 11.8. The number of aromatic nitrogens is 1. The zero-order chi connectivity index (χ0) is 12.1. The minimum Gasteiger partial charge on any atom is -0.396 e. The van der Waals surface area contributed by atoms with Crippen LogP contribution in [0.1, 0.15) is 18.4 Å². The van der Waals surface area contributed by atoms with Crippen molar-refractivity contribution in [2.75, 3.05) is 30.8 Å². The molecule has 2 rings (SSSR count). The third kappa shape index (κ3) is 3.61. The Balaban J connectivity index is 1.72. The Bertz CT molecular complexity index is 423. The van der Waals surface area contributed by atoms with E-state index in [1.807, 2.05) is 6.07 Å². The van der Waals surface area contributed by atoms with Crippen molar-refractivity contribution in [3.8, 4) is 6.07 Å². The maximum Gasteiger partial charge on any atom is 0.149 e. The van der Waals surface area contributed by atoms with E-state index in [4.69, 9.17) is 15.7 Å². The van der Waals surface area contributed by atoms with Crippen LogP contribution in [0, 0.1) is 17.2 Å². The average molecular weight is 232 g/mol. The van der Waals surface area contributed by atoms with Crippen molar-refractivity contribution in [2.24, 2.45) is 5.92 Å². The lowest BCUT2D eigenvalue weighted by Crippen LogP contribution is -2.12. The highest BCUT2D eigenvalue weighted by atomic mass is 16.5. The molecule has 5 heteroatoms. The van der Waals surface area contributed by atoms with E-state index in [1.165, 1.54) is 19.0 Å². The van der Waals surface area contributed by atoms with Crippen LogP contribution < -0.4 is 11.1 Å². The third-order valence-corrected chi connectivity index (χ3v) is 2.64. The number of nitrogen functional groups attached to an aromatic ring is 1. The first-order valence-corrected chi connectivity index (χ1v) is 5.77. The first-order valence-electron chi connectivity index (χ1n) is 5.77. The van der Waals surface area contributed by atoms with Crippen LogP contribution in [0.3, 0.4) is 0 Å². The second kappa shape index (κ2) is 5.51. The van der Waals surface area contributed by atoms with Gasteiger partial charge in [0.15, 0.2) is 0 Å². The van der Waals surface area contributed by atoms with Crippen LogP contribution in [0.2, 0.25) is 0 Å². The Kier molecular flexibility index (Phi) is 3.78. The number of hydrogen-bond acceptors (Lipinski definition) is 5. The first-order chi connectivity index (χ1) is 8.29. The average Bonchev–Trinajstić information content (AvgIpc) is 3.14. The largest absolute Gasteiger partial charge is 0.396 e. The number of nitrogens with one attached hydrogen (secondary N) is 1. The molecule has 1 aliphatic rings. The summed E-state index contributed by atoms with van der Waals surface area (Å²) < 4.78 is 5.48. The van der Waals surface area contributed by atoms with E-state index in [0.29, 0.717) is 30.2 Å². The van der Waals surface area contributed by atoms with Crippen molar-refractivity contribution in [1.29, 1.82) is 5.26 Å². The van der Waals surface area contributed by atoms with Gasteiger partial charge in [0.2, 0.25) is 0 Å². The predicted octanol–water partition coefficient (Wildman–Crippen LogP) is 1.37. The fourth-order valence-corrected chi connectivity index (χ4v) is 1.47. The van der Waals surface area contributed by atoms with Crippen LogP contribution >= 0.6 is 0 Å². The summed E-state index contributed by atoms with van der Waals surface area (Å²) in [7, 11) is 0. The molecule has 0 bridgehead atoms. The number of nitrogens with zero attached hydrogens (tertiary/aromatic N) is 2. The van der Waals surface area contributed by atoms with Crippen molar-refractivity contribution in [3.63, 3.8) is 0 Å². The molecule has 0 spiro atoms. The van der Waals surface area contributed by atoms with E-state index in [0.717, 1.165) is 12.5 Å². The molecule has 0 saturated heterocycles. The molecule has 0 unspecified atom stereocenters. The van der Waals surface area contributed by atoms with Gasteiger partial charge in [-0.3, -0.25) is 0 Å². The zero-order valence-corrected chi connectivity index (χ0v) is 9.65. The maximum absolute atomic E-state index is 8.67. The number of hydrogen-bond donors (Lipinski definition) is 2. The van der Waals surface area contributed by atoms with Gasteiger partial charge in [0.05, 0.1) is 17.9 Å². The maximum atomic E-state index is 8.67. The van der Waals surface area contributed by atoms with Gasteiger partial charge >= 0.3 is 0 Å². The molecule has 0 aliphatic heterocycles. The van der Waals surface area contributed by atoms with Crippen LogP contribution in [-0.4, -0.2) is 24.7 Å². The summed E-state index contributed by atoms with van der Waals surface area (Å²) in [6.07, 6.45) is 4.11. The number of nitriles is 1. The van der Waals surface area contributed by atoms with Gasteiger partial charge in [-0.1, -0.05) is 0 Å². The molecule has 0 radical (unpaired) electrons. The Morgan fingerprint density at radius 2 is 2.41 bits per heavy atom. The lowest BCUT2D eigenvalue weighted by molar-refractivity contribution is 0.134. The normalized spacial score (nSPS) is 14.3. The van der Waals surface area contributed by atoms with Gasteiger partial charge in [-0.2, -0.15) is 5.26 Å². The van der Waals surface area contributed by atoms with E-state index in [9.17, 15) is 0 Å². The summed E-state index contributed by atoms with van der Waals surface area (Å²) >= 11 is 0. The van der Waals surface area contributed by atoms with E-state index in [1.54, 1.807) is 6.07 Å². The molecular weight excluding hydrogens is 216 g/mol. The predicted molar refractivity (Wildman–Crippen MR) is 65.4 cm³/mol. The molecule has 5 nitrogen and oxygen atoms in total. The van der Waals surface area contributed by atoms with Gasteiger partial charge < -0.3 is 15.8 Å². The molecule has 3 N–H and O–H groups in total. The standard InChI is InChI=1S/C12H16N4O/c13-6-10-5-11(14)12(16-7-10)15-3-4-17-8-9-1-2-9/h5,7,9H,1-4,8,14H2,(H,15,16). The van der Waals surface area contributed by atoms with Crippen molar-refractivity contribution < 1.29 is 4.74 Å². The molecule has 1 heterocycles. The zero-order valence-electron chi connectivity index (χ0n) is 9.65. The van der Waals surface area contributed by atoms with Crippen LogP contribution in [-0.2, 0) is 4.74 Å². The van der Waals surface area contributed by atoms with Crippen LogP contribution in [0.5, 0.6) is 0 Å². The van der Waals surface area contributed by atoms with Crippen molar-refractivity contribution in [1.82, 2.24) is 4.98 Å². The van der Waals surface area contributed by atoms with Gasteiger partial charge in [-0.05, 0) is 24.8 Å². The van der Waals surface area contributed by atoms with Crippen molar-refractivity contribution in [2.45, 2.75) is 12.8 Å². The molecule has 1 saturated carbocycles. The SMILES string of the molecule is N#Cc1cnc(NCCOCC2CC2)c(N)c1. The molecule has 90 valence electrons. The summed E-state index contributed by atoms with van der Waals surface area (Å²) in [6.45, 7) is 2.19. The summed E-state index contributed by atoms with van der Waals surface area (Å²) in [5.74, 6) is 1.40. The topological polar surface area (TPSA) is 84.0 Å². The minimum absolute atomic E-state index is 0.470. The molecule has 1 aliphatic carbocycles. The van der Waals surface area contributed by atoms with Gasteiger partial charge in [-0.25, -0.2) is 4.98 Å². The number of anilines is 2. The van der Waals surface area contributed by atoms with Crippen LogP contribution in [0.25, 0.3) is 0 Å². The Morgan fingerprint density at radius 1 is 1.59 bits per heavy atom. The molecule has 0 amide bonds. The quantitative estimate of drug-likeness (QED) is 0.724. The van der Waals surface area contributed by atoms with Crippen LogP contribution in [0.15, 0.2) is 12.3 Å². The molecule has 1 fully saturated rings. The number of rotatable bonds is 6. The number of ether oxygens (including phenoxy) is 1. The fraction of sp³-hybridized carbons (Fsp3) is 0.500. The summed E-state index contributed by atoms with van der Waals surface area (Å²) in [4.78, 5) is 4.08. The molecule has 0 aromatic carbocycles. The highest BCUT2D eigenvalue weighted by molar-refractivity contribution is 5.62. The van der Waals surface area contributed by atoms with E-state index in [2.05, 4.69) is 10.3 Å². The minimum atomic E-state index is 0.470. The number of pyridine rings is 1. The molecule has 1 aromatic rings. The van der Waals surface area contributed by atoms with Gasteiger partial charge in [0.25, 0.3) is 0 Å². The lowest BCUT2D eigenvalue weighted by Gasteiger charge is -2.08. The van der Waals surface area contributed by atoms with Crippen LogP contribution in [0.4, 0.5) is 11.5 Å². The smallest absolute Gasteiger partial charge is 0.149 e. The lowest BCUT2D eigenvalue weighted by atomic mass is 10.3. The van der Waals surface area contributed by atoms with E-state index in [-0.39, 0.29) is 0 Å². The van der Waals surface area contributed by atoms with E-state index < -0.39 is 0 Å². The van der Waals surface area contributed by atoms with Gasteiger partial charge in [-0.15, -0.1) is 0 Å². The second-order valence-corrected chi connectivity index (χ2v) is 4.22. The van der Waals surface area contributed by atoms with Gasteiger partial charge in [0, 0.05) is 19.3 Å². The first kappa shape index (κ1) is 11.7. The number of nitrogens with two attached hydrogens (primary N) is 1.